The first-order chi connectivity index (χ1) is 15.5. The van der Waals surface area contributed by atoms with Gasteiger partial charge in [-0.3, -0.25) is 34.3 Å². The second kappa shape index (κ2) is 7.38. The lowest BCUT2D eigenvalue weighted by Gasteiger charge is -2.44. The first kappa shape index (κ1) is 21.6. The molecule has 1 aromatic carbocycles. The number of carbonyl (C=O) groups excluding carboxylic acids is 5. The Bertz CT molecular complexity index is 1060. The highest BCUT2D eigenvalue weighted by molar-refractivity contribution is 6.23. The molecule has 10 nitrogen and oxygen atoms in total. The Morgan fingerprint density at radius 1 is 1.00 bits per heavy atom. The van der Waals surface area contributed by atoms with Gasteiger partial charge < -0.3 is 9.64 Å². The monoisotopic (exact) mass is 454 g/mol. The summed E-state index contributed by atoms with van der Waals surface area (Å²) < 4.78 is 5.41. The van der Waals surface area contributed by atoms with E-state index >= 15 is 0 Å². The number of fused-ring (bicyclic) bond motifs is 2. The standard InChI is InChI=1S/C23H26N4O6/c1-23(2,3)33-22(32)26-10-14(11-26)25-8-12-6-15-16(7-13(12)9-25)21(31)27(20(15)30)17-4-5-18(28)24-19(17)29/h6-7,14,17H,4-5,8-11H2,1-3H3,(H,24,28,29). The van der Waals surface area contributed by atoms with Gasteiger partial charge in [0.05, 0.1) is 11.1 Å². The first-order valence-electron chi connectivity index (χ1n) is 11.1. The molecule has 1 aromatic rings. The predicted octanol–water partition coefficient (Wildman–Crippen LogP) is 1.02. The largest absolute Gasteiger partial charge is 0.444 e. The lowest BCUT2D eigenvalue weighted by molar-refractivity contribution is -0.136. The van der Waals surface area contributed by atoms with Crippen molar-refractivity contribution in [3.63, 3.8) is 0 Å². The number of carbonyl (C=O) groups is 5. The van der Waals surface area contributed by atoms with Crippen molar-refractivity contribution in [2.75, 3.05) is 13.1 Å². The van der Waals surface area contributed by atoms with Crippen molar-refractivity contribution in [3.05, 3.63) is 34.4 Å². The van der Waals surface area contributed by atoms with E-state index in [1.807, 2.05) is 20.8 Å². The zero-order chi connectivity index (χ0) is 23.7. The molecule has 0 saturated carbocycles. The van der Waals surface area contributed by atoms with E-state index in [2.05, 4.69) is 10.2 Å². The molecule has 2 fully saturated rings. The number of imide groups is 2. The minimum Gasteiger partial charge on any atom is -0.444 e. The molecule has 0 aromatic heterocycles. The van der Waals surface area contributed by atoms with E-state index in [0.717, 1.165) is 16.0 Å². The van der Waals surface area contributed by atoms with Crippen LogP contribution in [0.3, 0.4) is 0 Å². The zero-order valence-corrected chi connectivity index (χ0v) is 18.8. The van der Waals surface area contributed by atoms with E-state index in [9.17, 15) is 24.0 Å². The normalized spacial score (nSPS) is 23.4. The molecule has 0 aliphatic carbocycles. The summed E-state index contributed by atoms with van der Waals surface area (Å²) in [6.45, 7) is 7.89. The Labute approximate surface area is 190 Å². The van der Waals surface area contributed by atoms with Crippen molar-refractivity contribution in [2.24, 2.45) is 0 Å². The van der Waals surface area contributed by atoms with Gasteiger partial charge in [-0.15, -0.1) is 0 Å². The number of hydrogen-bond donors (Lipinski definition) is 1. The van der Waals surface area contributed by atoms with Gasteiger partial charge in [0.1, 0.15) is 11.6 Å². The smallest absolute Gasteiger partial charge is 0.410 e. The van der Waals surface area contributed by atoms with Crippen LogP contribution in [0.5, 0.6) is 0 Å². The second-order valence-corrected chi connectivity index (χ2v) is 10.1. The topological polar surface area (TPSA) is 116 Å². The van der Waals surface area contributed by atoms with Gasteiger partial charge in [0.25, 0.3) is 11.8 Å². The van der Waals surface area contributed by atoms with Crippen molar-refractivity contribution >= 4 is 29.7 Å². The Kier molecular flexibility index (Phi) is 4.82. The third-order valence-corrected chi connectivity index (χ3v) is 6.54. The van der Waals surface area contributed by atoms with E-state index in [-0.39, 0.29) is 25.0 Å². The highest BCUT2D eigenvalue weighted by Crippen LogP contribution is 2.35. The van der Waals surface area contributed by atoms with Gasteiger partial charge in [-0.25, -0.2) is 4.79 Å². The van der Waals surface area contributed by atoms with Gasteiger partial charge in [-0.2, -0.15) is 0 Å². The first-order valence-corrected chi connectivity index (χ1v) is 11.1. The molecular formula is C23H26N4O6. The van der Waals surface area contributed by atoms with Crippen molar-refractivity contribution < 1.29 is 28.7 Å². The molecule has 4 aliphatic rings. The summed E-state index contributed by atoms with van der Waals surface area (Å²) >= 11 is 0. The predicted molar refractivity (Wildman–Crippen MR) is 114 cm³/mol. The maximum atomic E-state index is 13.0. The number of likely N-dealkylation sites (tertiary alicyclic amines) is 1. The number of ether oxygens (including phenoxy) is 1. The number of nitrogens with zero attached hydrogens (tertiary/aromatic N) is 3. The van der Waals surface area contributed by atoms with Crippen LogP contribution in [0.25, 0.3) is 0 Å². The van der Waals surface area contributed by atoms with E-state index in [1.165, 1.54) is 0 Å². The van der Waals surface area contributed by atoms with Crippen LogP contribution in [0.1, 0.15) is 65.5 Å². The number of amides is 5. The van der Waals surface area contributed by atoms with Crippen LogP contribution in [0.2, 0.25) is 0 Å². The van der Waals surface area contributed by atoms with Gasteiger partial charge in [-0.1, -0.05) is 0 Å². The molecule has 174 valence electrons. The fraction of sp³-hybridized carbons (Fsp3) is 0.522. The van der Waals surface area contributed by atoms with Crippen LogP contribution in [0.15, 0.2) is 12.1 Å². The molecule has 0 radical (unpaired) electrons. The summed E-state index contributed by atoms with van der Waals surface area (Å²) in [6.07, 6.45) is -0.0876. The number of benzene rings is 1. The summed E-state index contributed by atoms with van der Waals surface area (Å²) in [6, 6.07) is 2.73. The Morgan fingerprint density at radius 2 is 1.58 bits per heavy atom. The average Bonchev–Trinajstić information content (AvgIpc) is 3.17. The average molecular weight is 454 g/mol. The van der Waals surface area contributed by atoms with Gasteiger partial charge in [0.15, 0.2) is 0 Å². The van der Waals surface area contributed by atoms with E-state index in [1.54, 1.807) is 17.0 Å². The number of hydrogen-bond acceptors (Lipinski definition) is 7. The van der Waals surface area contributed by atoms with Gasteiger partial charge in [0, 0.05) is 38.6 Å². The van der Waals surface area contributed by atoms with Gasteiger partial charge >= 0.3 is 6.09 Å². The molecule has 0 spiro atoms. The minimum atomic E-state index is -0.963. The molecule has 1 N–H and O–H groups in total. The zero-order valence-electron chi connectivity index (χ0n) is 18.8. The van der Waals surface area contributed by atoms with Crippen LogP contribution in [0.4, 0.5) is 4.79 Å². The quantitative estimate of drug-likeness (QED) is 0.664. The molecule has 2 saturated heterocycles. The molecule has 5 amide bonds. The molecule has 0 bridgehead atoms. The van der Waals surface area contributed by atoms with Crippen LogP contribution < -0.4 is 5.32 Å². The summed E-state index contributed by atoms with van der Waals surface area (Å²) in [4.78, 5) is 66.8. The van der Waals surface area contributed by atoms with E-state index < -0.39 is 35.3 Å². The maximum absolute atomic E-state index is 13.0. The van der Waals surface area contributed by atoms with Crippen LogP contribution >= 0.6 is 0 Å². The number of rotatable bonds is 2. The third-order valence-electron chi connectivity index (χ3n) is 6.54. The van der Waals surface area contributed by atoms with Crippen molar-refractivity contribution in [3.8, 4) is 0 Å². The van der Waals surface area contributed by atoms with E-state index in [0.29, 0.717) is 37.3 Å². The maximum Gasteiger partial charge on any atom is 0.410 e. The van der Waals surface area contributed by atoms with E-state index in [4.69, 9.17) is 4.74 Å². The molecule has 4 heterocycles. The fourth-order valence-electron chi connectivity index (χ4n) is 4.81. The number of nitrogens with one attached hydrogen (secondary N) is 1. The van der Waals surface area contributed by atoms with Crippen LogP contribution in [-0.2, 0) is 27.4 Å². The molecule has 1 atom stereocenters. The molecule has 4 aliphatic heterocycles. The SMILES string of the molecule is CC(C)(C)OC(=O)N1CC(N2Cc3cc4c(cc3C2)C(=O)N(C2CCC(=O)NC2=O)C4=O)C1. The highest BCUT2D eigenvalue weighted by atomic mass is 16.6. The summed E-state index contributed by atoms with van der Waals surface area (Å²) in [5.74, 6) is -2.00. The highest BCUT2D eigenvalue weighted by Gasteiger charge is 2.46. The third kappa shape index (κ3) is 3.68. The fourth-order valence-corrected chi connectivity index (χ4v) is 4.81. The summed E-state index contributed by atoms with van der Waals surface area (Å²) in [5.41, 5.74) is 2.00. The second-order valence-electron chi connectivity index (χ2n) is 10.1. The van der Waals surface area contributed by atoms with Crippen molar-refractivity contribution in [1.82, 2.24) is 20.0 Å². The Morgan fingerprint density at radius 3 is 2.09 bits per heavy atom. The lowest BCUT2D eigenvalue weighted by atomic mass is 10.0. The lowest BCUT2D eigenvalue weighted by Crippen LogP contribution is -2.60. The molecule has 5 rings (SSSR count). The Balaban J connectivity index is 1.26. The Hall–Kier alpha value is -3.27. The van der Waals surface area contributed by atoms with Crippen LogP contribution in [0, 0.1) is 0 Å². The van der Waals surface area contributed by atoms with Crippen molar-refractivity contribution in [1.29, 1.82) is 0 Å². The molecule has 10 heteroatoms. The van der Waals surface area contributed by atoms with Crippen molar-refractivity contribution in [2.45, 2.75) is 64.4 Å². The molecule has 33 heavy (non-hydrogen) atoms. The minimum absolute atomic E-state index is 0.0942. The van der Waals surface area contributed by atoms with Crippen LogP contribution in [-0.4, -0.2) is 75.2 Å². The van der Waals surface area contributed by atoms with Gasteiger partial charge in [0.2, 0.25) is 11.8 Å². The number of piperidine rings is 1. The molecular weight excluding hydrogens is 428 g/mol. The van der Waals surface area contributed by atoms with Gasteiger partial charge in [-0.05, 0) is 50.5 Å². The summed E-state index contributed by atoms with van der Waals surface area (Å²) in [5, 5.41) is 2.21. The molecule has 1 unspecified atom stereocenters. The summed E-state index contributed by atoms with van der Waals surface area (Å²) in [7, 11) is 0.